The fourth-order valence-corrected chi connectivity index (χ4v) is 4.52. The first-order valence-electron chi connectivity index (χ1n) is 11.5. The molecule has 36 heavy (non-hydrogen) atoms. The second kappa shape index (κ2) is 12.5. The number of hydrogen-bond acceptors (Lipinski definition) is 5. The van der Waals surface area contributed by atoms with Crippen molar-refractivity contribution in [1.82, 2.24) is 4.98 Å². The zero-order valence-electron chi connectivity index (χ0n) is 20.4. The van der Waals surface area contributed by atoms with Crippen molar-refractivity contribution in [1.29, 1.82) is 0 Å². The number of hydrogen-bond donors (Lipinski definition) is 2. The lowest BCUT2D eigenvalue weighted by Crippen LogP contribution is -2.15. The number of aryl methyl sites for hydroxylation is 1. The molecule has 0 aliphatic heterocycles. The molecule has 6 nitrogen and oxygen atoms in total. The van der Waals surface area contributed by atoms with E-state index in [4.69, 9.17) is 14.6 Å². The minimum absolute atomic E-state index is 0.0289. The van der Waals surface area contributed by atoms with Crippen molar-refractivity contribution in [3.05, 3.63) is 77.2 Å². The molecule has 0 saturated carbocycles. The van der Waals surface area contributed by atoms with Crippen molar-refractivity contribution in [3.63, 3.8) is 0 Å². The summed E-state index contributed by atoms with van der Waals surface area (Å²) >= 11 is 0. The summed E-state index contributed by atoms with van der Waals surface area (Å²) in [5, 5.41) is 18.3. The van der Waals surface area contributed by atoms with Crippen molar-refractivity contribution in [2.24, 2.45) is 0 Å². The van der Waals surface area contributed by atoms with Crippen molar-refractivity contribution in [2.75, 3.05) is 12.8 Å². The van der Waals surface area contributed by atoms with Crippen LogP contribution in [0.25, 0.3) is 22.4 Å². The number of halogens is 1. The predicted molar refractivity (Wildman–Crippen MR) is 137 cm³/mol. The van der Waals surface area contributed by atoms with E-state index in [-0.39, 0.29) is 24.5 Å². The minimum Gasteiger partial charge on any atom is -0.481 e. The van der Waals surface area contributed by atoms with Gasteiger partial charge in [-0.1, -0.05) is 62.1 Å². The molecule has 0 bridgehead atoms. The summed E-state index contributed by atoms with van der Waals surface area (Å²) in [6, 6.07) is 16.3. The number of pyridine rings is 1. The van der Waals surface area contributed by atoms with E-state index in [0.29, 0.717) is 5.56 Å². The molecule has 2 atom stereocenters. The number of benzene rings is 2. The number of rotatable bonds is 9. The van der Waals surface area contributed by atoms with Gasteiger partial charge in [0.1, 0.15) is 11.9 Å². The summed E-state index contributed by atoms with van der Waals surface area (Å²) in [5.41, 5.74) is 5.54. The van der Waals surface area contributed by atoms with E-state index in [1.165, 1.54) is 12.1 Å². The van der Waals surface area contributed by atoms with Crippen LogP contribution in [0.2, 0.25) is 0 Å². The number of carboxylic acid groups (broad SMARTS) is 1. The van der Waals surface area contributed by atoms with Crippen LogP contribution in [0.3, 0.4) is 0 Å². The van der Waals surface area contributed by atoms with Gasteiger partial charge in [-0.25, -0.2) is 4.39 Å². The normalized spacial score (nSPS) is 12.1. The number of aliphatic hydroxyl groups excluding tert-OH is 1. The van der Waals surface area contributed by atoms with Crippen LogP contribution in [-0.4, -0.2) is 40.0 Å². The number of nitrogens with zero attached hydrogens (tertiary/aromatic N) is 1. The van der Waals surface area contributed by atoms with Crippen molar-refractivity contribution >= 4 is 14.0 Å². The molecule has 1 heterocycles. The van der Waals surface area contributed by atoms with E-state index in [1.54, 1.807) is 6.07 Å². The van der Waals surface area contributed by atoms with Gasteiger partial charge >= 0.3 is 14.0 Å². The third kappa shape index (κ3) is 7.29. The molecule has 2 aromatic carbocycles. The summed E-state index contributed by atoms with van der Waals surface area (Å²) in [4.78, 5) is 15.5. The monoisotopic (exact) mass is 508 g/mol. The van der Waals surface area contributed by atoms with Gasteiger partial charge in [-0.3, -0.25) is 9.78 Å². The van der Waals surface area contributed by atoms with Crippen LogP contribution in [-0.2, 0) is 13.9 Å². The highest BCUT2D eigenvalue weighted by molar-refractivity contribution is 7.39. The van der Waals surface area contributed by atoms with Crippen LogP contribution in [0.1, 0.15) is 43.0 Å². The third-order valence-electron chi connectivity index (χ3n) is 5.41. The smallest absolute Gasteiger partial charge is 0.481 e. The van der Waals surface area contributed by atoms with Gasteiger partial charge in [0.2, 0.25) is 6.16 Å². The molecule has 1 aromatic heterocycles. The zero-order valence-corrected chi connectivity index (χ0v) is 21.3. The van der Waals surface area contributed by atoms with E-state index in [1.807, 2.05) is 57.2 Å². The van der Waals surface area contributed by atoms with Crippen molar-refractivity contribution < 1.29 is 28.5 Å². The molecule has 8 heteroatoms. The summed E-state index contributed by atoms with van der Waals surface area (Å²) in [6.45, 7) is 5.69. The molecule has 3 rings (SSSR count). The lowest BCUT2D eigenvalue weighted by atomic mass is 9.91. The lowest BCUT2D eigenvalue weighted by Gasteiger charge is -2.17. The van der Waals surface area contributed by atoms with Gasteiger partial charge in [-0.15, -0.1) is 4.52 Å². The molecule has 0 aliphatic rings. The van der Waals surface area contributed by atoms with Crippen molar-refractivity contribution in [2.45, 2.75) is 39.2 Å². The molecule has 0 amide bonds. The fourth-order valence-electron chi connectivity index (χ4n) is 3.73. The van der Waals surface area contributed by atoms with E-state index in [2.05, 4.69) is 11.8 Å². The van der Waals surface area contributed by atoms with Gasteiger partial charge < -0.3 is 10.2 Å². The number of carbonyl (C=O) groups is 1. The molecule has 0 aliphatic carbocycles. The van der Waals surface area contributed by atoms with E-state index in [0.717, 1.165) is 33.6 Å². The maximum absolute atomic E-state index is 13.9. The van der Waals surface area contributed by atoms with Gasteiger partial charge in [0.15, 0.2) is 6.61 Å². The van der Waals surface area contributed by atoms with Crippen LogP contribution in [0.4, 0.5) is 4.39 Å². The zero-order chi connectivity index (χ0) is 26.2. The number of aliphatic hydroxyl groups is 1. The average Bonchev–Trinajstić information content (AvgIpc) is 2.81. The molecular formula is C28H28FNO5P+. The Kier molecular flexibility index (Phi) is 9.44. The first-order valence-corrected chi connectivity index (χ1v) is 12.8. The molecule has 0 spiro atoms. The Hall–Kier alpha value is -3.43. The summed E-state index contributed by atoms with van der Waals surface area (Å²) < 4.78 is 31.1. The Balaban J connectivity index is 2.00. The van der Waals surface area contributed by atoms with Gasteiger partial charge in [0.25, 0.3) is 0 Å². The molecule has 2 N–H and O–H groups in total. The molecule has 0 fully saturated rings. The summed E-state index contributed by atoms with van der Waals surface area (Å²) in [7, 11) is -2.27. The van der Waals surface area contributed by atoms with E-state index >= 15 is 0 Å². The summed E-state index contributed by atoms with van der Waals surface area (Å²) in [6.07, 6.45) is -2.05. The molecule has 0 radical (unpaired) electrons. The Morgan fingerprint density at radius 3 is 2.50 bits per heavy atom. The lowest BCUT2D eigenvalue weighted by molar-refractivity contribution is -0.138. The van der Waals surface area contributed by atoms with Gasteiger partial charge in [0.05, 0.1) is 23.4 Å². The van der Waals surface area contributed by atoms with Crippen LogP contribution >= 0.6 is 8.03 Å². The van der Waals surface area contributed by atoms with Crippen LogP contribution in [0.5, 0.6) is 0 Å². The highest BCUT2D eigenvalue weighted by atomic mass is 31.1. The van der Waals surface area contributed by atoms with Crippen LogP contribution in [0.15, 0.2) is 54.6 Å². The van der Waals surface area contributed by atoms with Gasteiger partial charge in [-0.05, 0) is 46.7 Å². The quantitative estimate of drug-likeness (QED) is 0.275. The molecule has 3 aromatic rings. The SMILES string of the molecule is Cc1cc(F)ccc1-c1cc(-c2ccccc2)nc(C(C)C)c1C#CCO[P+](=O)CC(O)CC(=O)O. The Morgan fingerprint density at radius 2 is 1.86 bits per heavy atom. The second-order valence-corrected chi connectivity index (χ2v) is 9.93. The van der Waals surface area contributed by atoms with E-state index in [9.17, 15) is 18.9 Å². The Bertz CT molecular complexity index is 1310. The standard InChI is InChI=1S/C28H27FNO5P/c1-18(2)28-24(10-7-13-35-36(34)17-22(31)15-27(32)33)25(23-12-11-21(29)14-19(23)3)16-26(30-28)20-8-5-4-6-9-20/h4-6,8-9,11-12,14,16,18,22,31H,13,15,17H2,1-3H3/p+1. The number of aromatic nitrogens is 1. The first-order chi connectivity index (χ1) is 17.2. The Morgan fingerprint density at radius 1 is 1.14 bits per heavy atom. The maximum Gasteiger partial charge on any atom is 0.511 e. The summed E-state index contributed by atoms with van der Waals surface area (Å²) in [5.74, 6) is 4.50. The number of carboxylic acids is 1. The van der Waals surface area contributed by atoms with Crippen LogP contribution in [0, 0.1) is 24.6 Å². The largest absolute Gasteiger partial charge is 0.511 e. The minimum atomic E-state index is -2.27. The molecule has 186 valence electrons. The molecule has 2 unspecified atom stereocenters. The Labute approximate surface area is 211 Å². The van der Waals surface area contributed by atoms with Gasteiger partial charge in [0, 0.05) is 11.1 Å². The average molecular weight is 509 g/mol. The topological polar surface area (TPSA) is 96.7 Å². The molecular weight excluding hydrogens is 480 g/mol. The first kappa shape index (κ1) is 27.2. The van der Waals surface area contributed by atoms with E-state index < -0.39 is 26.5 Å². The number of aliphatic carboxylic acids is 1. The highest BCUT2D eigenvalue weighted by Crippen LogP contribution is 2.34. The molecule has 0 saturated heterocycles. The second-order valence-electron chi connectivity index (χ2n) is 8.64. The fraction of sp³-hybridized carbons (Fsp3) is 0.286. The third-order valence-corrected chi connectivity index (χ3v) is 6.54. The maximum atomic E-state index is 13.9. The van der Waals surface area contributed by atoms with Crippen molar-refractivity contribution in [3.8, 4) is 34.2 Å². The highest BCUT2D eigenvalue weighted by Gasteiger charge is 2.25. The van der Waals surface area contributed by atoms with Crippen LogP contribution < -0.4 is 0 Å². The predicted octanol–water partition coefficient (Wildman–Crippen LogP) is 5.93. The van der Waals surface area contributed by atoms with Gasteiger partial charge in [-0.2, -0.15) is 0 Å².